The van der Waals surface area contributed by atoms with Gasteiger partial charge >= 0.3 is 0 Å². The second-order valence-corrected chi connectivity index (χ2v) is 2.59. The number of aromatic nitrogens is 4. The summed E-state index contributed by atoms with van der Waals surface area (Å²) in [6.07, 6.45) is 6.95. The first-order chi connectivity index (χ1) is 5.75. The predicted molar refractivity (Wildman–Crippen MR) is 44.7 cm³/mol. The quantitative estimate of drug-likeness (QED) is 0.652. The number of nitrogens with zero attached hydrogens (tertiary/aromatic N) is 4. The van der Waals surface area contributed by atoms with E-state index in [1.807, 2.05) is 13.2 Å². The van der Waals surface area contributed by atoms with Gasteiger partial charge in [0, 0.05) is 7.05 Å². The third-order valence-corrected chi connectivity index (χ3v) is 1.56. The van der Waals surface area contributed by atoms with Gasteiger partial charge in [0.05, 0.1) is 30.5 Å². The van der Waals surface area contributed by atoms with E-state index in [9.17, 15) is 0 Å². The highest BCUT2D eigenvalue weighted by molar-refractivity contribution is 5.35. The van der Waals surface area contributed by atoms with Gasteiger partial charge in [0.2, 0.25) is 0 Å². The largest absolute Gasteiger partial charge is 0.396 e. The van der Waals surface area contributed by atoms with Crippen molar-refractivity contribution in [2.45, 2.75) is 0 Å². The van der Waals surface area contributed by atoms with Crippen molar-refractivity contribution in [1.82, 2.24) is 19.6 Å². The molecule has 2 aromatic rings. The molecule has 0 amide bonds. The summed E-state index contributed by atoms with van der Waals surface area (Å²) >= 11 is 0. The number of anilines is 1. The van der Waals surface area contributed by atoms with Crippen molar-refractivity contribution in [1.29, 1.82) is 0 Å². The Kier molecular flexibility index (Phi) is 1.36. The normalized spacial score (nSPS) is 10.4. The standard InChI is InChI=1S/C7H9N5/c1-11-5-7(3-9-11)12-4-6(8)2-10-12/h2-5H,8H2,1H3. The Bertz CT molecular complexity index is 348. The lowest BCUT2D eigenvalue weighted by atomic mass is 10.5. The first kappa shape index (κ1) is 6.90. The molecule has 0 saturated carbocycles. The lowest BCUT2D eigenvalue weighted by Gasteiger charge is -1.92. The minimum absolute atomic E-state index is 0.652. The molecule has 0 saturated heterocycles. The van der Waals surface area contributed by atoms with Crippen molar-refractivity contribution in [3.63, 3.8) is 0 Å². The van der Waals surface area contributed by atoms with Gasteiger partial charge < -0.3 is 5.73 Å². The van der Waals surface area contributed by atoms with E-state index in [2.05, 4.69) is 10.2 Å². The molecule has 0 bridgehead atoms. The molecule has 0 radical (unpaired) electrons. The first-order valence-corrected chi connectivity index (χ1v) is 3.55. The Labute approximate surface area is 69.4 Å². The van der Waals surface area contributed by atoms with Gasteiger partial charge in [0.1, 0.15) is 5.69 Å². The van der Waals surface area contributed by atoms with Crippen molar-refractivity contribution in [3.8, 4) is 5.69 Å². The minimum Gasteiger partial charge on any atom is -0.396 e. The molecular weight excluding hydrogens is 154 g/mol. The second kappa shape index (κ2) is 2.37. The summed E-state index contributed by atoms with van der Waals surface area (Å²) in [5.74, 6) is 0. The van der Waals surface area contributed by atoms with Crippen molar-refractivity contribution in [3.05, 3.63) is 24.8 Å². The van der Waals surface area contributed by atoms with Gasteiger partial charge in [-0.25, -0.2) is 4.68 Å². The van der Waals surface area contributed by atoms with Crippen LogP contribution in [0.2, 0.25) is 0 Å². The molecule has 0 unspecified atom stereocenters. The van der Waals surface area contributed by atoms with Gasteiger partial charge in [-0.3, -0.25) is 4.68 Å². The summed E-state index contributed by atoms with van der Waals surface area (Å²) in [5.41, 5.74) is 7.08. The van der Waals surface area contributed by atoms with Crippen LogP contribution >= 0.6 is 0 Å². The Morgan fingerprint density at radius 2 is 2.08 bits per heavy atom. The van der Waals surface area contributed by atoms with Gasteiger partial charge in [-0.15, -0.1) is 0 Å². The second-order valence-electron chi connectivity index (χ2n) is 2.59. The van der Waals surface area contributed by atoms with E-state index >= 15 is 0 Å². The van der Waals surface area contributed by atoms with Crippen LogP contribution in [-0.2, 0) is 7.05 Å². The number of hydrogen-bond acceptors (Lipinski definition) is 3. The van der Waals surface area contributed by atoms with Crippen LogP contribution in [-0.4, -0.2) is 19.6 Å². The monoisotopic (exact) mass is 163 g/mol. The highest BCUT2D eigenvalue weighted by Crippen LogP contribution is 2.06. The Hall–Kier alpha value is -1.78. The van der Waals surface area contributed by atoms with E-state index < -0.39 is 0 Å². The van der Waals surface area contributed by atoms with E-state index in [0.717, 1.165) is 5.69 Å². The summed E-state index contributed by atoms with van der Waals surface area (Å²) in [6, 6.07) is 0. The first-order valence-electron chi connectivity index (χ1n) is 3.55. The fourth-order valence-corrected chi connectivity index (χ4v) is 1.00. The summed E-state index contributed by atoms with van der Waals surface area (Å²) < 4.78 is 3.40. The van der Waals surface area contributed by atoms with Crippen molar-refractivity contribution < 1.29 is 0 Å². The van der Waals surface area contributed by atoms with Crippen LogP contribution < -0.4 is 5.73 Å². The molecule has 0 aliphatic carbocycles. The third-order valence-electron chi connectivity index (χ3n) is 1.56. The maximum atomic E-state index is 5.51. The molecule has 2 N–H and O–H groups in total. The smallest absolute Gasteiger partial charge is 0.103 e. The number of nitrogen functional groups attached to an aromatic ring is 1. The third kappa shape index (κ3) is 1.05. The van der Waals surface area contributed by atoms with Gasteiger partial charge in [0.25, 0.3) is 0 Å². The maximum Gasteiger partial charge on any atom is 0.103 e. The van der Waals surface area contributed by atoms with Crippen LogP contribution in [0.3, 0.4) is 0 Å². The zero-order chi connectivity index (χ0) is 8.55. The van der Waals surface area contributed by atoms with Crippen molar-refractivity contribution in [2.75, 3.05) is 5.73 Å². The van der Waals surface area contributed by atoms with Crippen LogP contribution in [0.1, 0.15) is 0 Å². The topological polar surface area (TPSA) is 61.7 Å². The molecule has 0 fully saturated rings. The van der Waals surface area contributed by atoms with Gasteiger partial charge in [-0.05, 0) is 0 Å². The molecule has 5 heteroatoms. The fraction of sp³-hybridized carbons (Fsp3) is 0.143. The van der Waals surface area contributed by atoms with Crippen molar-refractivity contribution in [2.24, 2.45) is 7.05 Å². The fourth-order valence-electron chi connectivity index (χ4n) is 1.00. The average Bonchev–Trinajstić information content (AvgIpc) is 2.58. The Balaban J connectivity index is 2.43. The molecule has 0 aliphatic heterocycles. The molecule has 2 aromatic heterocycles. The lowest BCUT2D eigenvalue weighted by Crippen LogP contribution is -1.91. The van der Waals surface area contributed by atoms with E-state index in [1.54, 1.807) is 28.0 Å². The Morgan fingerprint density at radius 1 is 1.25 bits per heavy atom. The number of aryl methyl sites for hydroxylation is 1. The van der Waals surface area contributed by atoms with Crippen LogP contribution in [0.5, 0.6) is 0 Å². The number of hydrogen-bond donors (Lipinski definition) is 1. The number of nitrogens with two attached hydrogens (primary N) is 1. The zero-order valence-corrected chi connectivity index (χ0v) is 6.68. The van der Waals surface area contributed by atoms with Crippen LogP contribution in [0.4, 0.5) is 5.69 Å². The van der Waals surface area contributed by atoms with Crippen LogP contribution in [0.15, 0.2) is 24.8 Å². The van der Waals surface area contributed by atoms with Crippen LogP contribution in [0, 0.1) is 0 Å². The highest BCUT2D eigenvalue weighted by Gasteiger charge is 1.99. The molecule has 2 heterocycles. The van der Waals surface area contributed by atoms with Gasteiger partial charge in [-0.1, -0.05) is 0 Å². The number of rotatable bonds is 1. The summed E-state index contributed by atoms with van der Waals surface area (Å²) in [6.45, 7) is 0. The van der Waals surface area contributed by atoms with E-state index in [4.69, 9.17) is 5.73 Å². The zero-order valence-electron chi connectivity index (χ0n) is 6.68. The lowest BCUT2D eigenvalue weighted by molar-refractivity contribution is 0.766. The summed E-state index contributed by atoms with van der Waals surface area (Å²) in [5, 5.41) is 8.05. The molecule has 5 nitrogen and oxygen atoms in total. The summed E-state index contributed by atoms with van der Waals surface area (Å²) in [4.78, 5) is 0. The minimum atomic E-state index is 0.652. The molecule has 2 rings (SSSR count). The van der Waals surface area contributed by atoms with Crippen molar-refractivity contribution >= 4 is 5.69 Å². The molecule has 0 spiro atoms. The molecule has 0 atom stereocenters. The van der Waals surface area contributed by atoms with E-state index in [-0.39, 0.29) is 0 Å². The molecule has 12 heavy (non-hydrogen) atoms. The molecule has 0 aliphatic rings. The Morgan fingerprint density at radius 3 is 2.58 bits per heavy atom. The van der Waals surface area contributed by atoms with Gasteiger partial charge in [0.15, 0.2) is 0 Å². The molecular formula is C7H9N5. The van der Waals surface area contributed by atoms with E-state index in [1.165, 1.54) is 0 Å². The average molecular weight is 163 g/mol. The molecule has 62 valence electrons. The highest BCUT2D eigenvalue weighted by atomic mass is 15.3. The maximum absolute atomic E-state index is 5.51. The van der Waals surface area contributed by atoms with E-state index in [0.29, 0.717) is 5.69 Å². The molecule has 0 aromatic carbocycles. The SMILES string of the molecule is Cn1cc(-n2cc(N)cn2)cn1. The van der Waals surface area contributed by atoms with Crippen LogP contribution in [0.25, 0.3) is 5.69 Å². The van der Waals surface area contributed by atoms with Gasteiger partial charge in [-0.2, -0.15) is 10.2 Å². The predicted octanol–water partition coefficient (Wildman–Crippen LogP) is 0.188. The summed E-state index contributed by atoms with van der Waals surface area (Å²) in [7, 11) is 1.86.